The van der Waals surface area contributed by atoms with Gasteiger partial charge in [-0.1, -0.05) is 12.1 Å². The van der Waals surface area contributed by atoms with Gasteiger partial charge < -0.3 is 28.7 Å². The van der Waals surface area contributed by atoms with Crippen molar-refractivity contribution in [2.75, 3.05) is 54.7 Å². The van der Waals surface area contributed by atoms with Crippen LogP contribution in [0.4, 0.5) is 0 Å². The fourth-order valence-corrected chi connectivity index (χ4v) is 3.48. The molecule has 0 aromatic heterocycles. The largest absolute Gasteiger partial charge is 0.497 e. The van der Waals surface area contributed by atoms with Gasteiger partial charge in [0.2, 0.25) is 0 Å². The Kier molecular flexibility index (Phi) is 7.41. The van der Waals surface area contributed by atoms with E-state index >= 15 is 0 Å². The highest BCUT2D eigenvalue weighted by Gasteiger charge is 2.27. The van der Waals surface area contributed by atoms with Crippen molar-refractivity contribution in [2.24, 2.45) is 0 Å². The first-order valence-electron chi connectivity index (χ1n) is 10.0. The van der Waals surface area contributed by atoms with Crippen molar-refractivity contribution in [3.05, 3.63) is 47.5 Å². The lowest BCUT2D eigenvalue weighted by Crippen LogP contribution is -2.40. The van der Waals surface area contributed by atoms with Gasteiger partial charge in [-0.05, 0) is 44.1 Å². The summed E-state index contributed by atoms with van der Waals surface area (Å²) in [6.07, 6.45) is 1.82. The lowest BCUT2D eigenvalue weighted by Gasteiger charge is -2.30. The van der Waals surface area contributed by atoms with Crippen LogP contribution in [0.1, 0.15) is 22.3 Å². The van der Waals surface area contributed by atoms with E-state index in [0.717, 1.165) is 31.7 Å². The number of nitrogens with zero attached hydrogens (tertiary/aromatic N) is 2. The number of hydrogen-bond acceptors (Lipinski definition) is 6. The molecule has 1 aliphatic heterocycles. The second-order valence-corrected chi connectivity index (χ2v) is 7.30. The first-order chi connectivity index (χ1) is 14.5. The number of rotatable bonds is 10. The lowest BCUT2D eigenvalue weighted by molar-refractivity contribution is 0.0510. The van der Waals surface area contributed by atoms with Crippen LogP contribution < -0.4 is 18.9 Å². The summed E-state index contributed by atoms with van der Waals surface area (Å²) in [5.41, 5.74) is 1.76. The van der Waals surface area contributed by atoms with Crippen molar-refractivity contribution >= 4 is 5.91 Å². The molecule has 0 atom stereocenters. The minimum atomic E-state index is -0.0452. The summed E-state index contributed by atoms with van der Waals surface area (Å²) in [4.78, 5) is 16.9. The molecule has 1 aliphatic rings. The van der Waals surface area contributed by atoms with Crippen LogP contribution in [0.2, 0.25) is 0 Å². The van der Waals surface area contributed by atoms with Gasteiger partial charge in [0.05, 0.1) is 26.9 Å². The molecule has 2 aromatic carbocycles. The standard InChI is InChI=1S/C23H30N2O5/c1-24(12-9-17-7-5-8-18(13-17)27-2)10-6-11-25-16-30-20-15-22(29-4)21(28-3)14-19(20)23(25)26/h5,7-8,13-15H,6,9-12,16H2,1-4H3. The summed E-state index contributed by atoms with van der Waals surface area (Å²) in [5.74, 6) is 2.44. The average molecular weight is 415 g/mol. The summed E-state index contributed by atoms with van der Waals surface area (Å²) in [6.45, 7) is 2.72. The normalized spacial score (nSPS) is 13.1. The van der Waals surface area contributed by atoms with E-state index in [9.17, 15) is 4.79 Å². The second kappa shape index (κ2) is 10.2. The second-order valence-electron chi connectivity index (χ2n) is 7.30. The predicted octanol–water partition coefficient (Wildman–Crippen LogP) is 3.07. The molecule has 0 radical (unpaired) electrons. The Hall–Kier alpha value is -2.93. The van der Waals surface area contributed by atoms with E-state index in [4.69, 9.17) is 18.9 Å². The van der Waals surface area contributed by atoms with Crippen molar-refractivity contribution in [3.63, 3.8) is 0 Å². The molecule has 0 saturated heterocycles. The maximum absolute atomic E-state index is 12.9. The monoisotopic (exact) mass is 414 g/mol. The molecule has 0 fully saturated rings. The maximum atomic E-state index is 12.9. The molecule has 30 heavy (non-hydrogen) atoms. The molecule has 0 spiro atoms. The Morgan fingerprint density at radius 2 is 1.80 bits per heavy atom. The summed E-state index contributed by atoms with van der Waals surface area (Å²) < 4.78 is 21.6. The highest BCUT2D eigenvalue weighted by atomic mass is 16.5. The third kappa shape index (κ3) is 5.16. The minimum Gasteiger partial charge on any atom is -0.497 e. The molecule has 7 heteroatoms. The molecule has 3 rings (SSSR count). The van der Waals surface area contributed by atoms with E-state index in [0.29, 0.717) is 29.4 Å². The van der Waals surface area contributed by atoms with Gasteiger partial charge in [-0.25, -0.2) is 0 Å². The zero-order valence-corrected chi connectivity index (χ0v) is 18.1. The minimum absolute atomic E-state index is 0.0452. The number of carbonyl (C=O) groups excluding carboxylic acids is 1. The van der Waals surface area contributed by atoms with Crippen LogP contribution in [-0.2, 0) is 6.42 Å². The van der Waals surface area contributed by atoms with Gasteiger partial charge in [0.25, 0.3) is 5.91 Å². The van der Waals surface area contributed by atoms with Crippen LogP contribution in [0.3, 0.4) is 0 Å². The van der Waals surface area contributed by atoms with E-state index in [1.807, 2.05) is 12.1 Å². The predicted molar refractivity (Wildman–Crippen MR) is 115 cm³/mol. The fourth-order valence-electron chi connectivity index (χ4n) is 3.48. The zero-order chi connectivity index (χ0) is 21.5. The number of methoxy groups -OCH3 is 3. The van der Waals surface area contributed by atoms with Gasteiger partial charge in [0.15, 0.2) is 18.2 Å². The maximum Gasteiger partial charge on any atom is 0.260 e. The number of hydrogen-bond donors (Lipinski definition) is 0. The summed E-state index contributed by atoms with van der Waals surface area (Å²) in [5, 5.41) is 0. The van der Waals surface area contributed by atoms with Gasteiger partial charge in [-0.2, -0.15) is 0 Å². The van der Waals surface area contributed by atoms with E-state index < -0.39 is 0 Å². The van der Waals surface area contributed by atoms with Crippen LogP contribution in [0.25, 0.3) is 0 Å². The van der Waals surface area contributed by atoms with E-state index in [1.54, 1.807) is 38.4 Å². The summed E-state index contributed by atoms with van der Waals surface area (Å²) in [6, 6.07) is 11.5. The van der Waals surface area contributed by atoms with E-state index in [1.165, 1.54) is 5.56 Å². The molecule has 0 aliphatic carbocycles. The van der Waals surface area contributed by atoms with Crippen molar-refractivity contribution in [1.29, 1.82) is 0 Å². The lowest BCUT2D eigenvalue weighted by atomic mass is 10.1. The fraction of sp³-hybridized carbons (Fsp3) is 0.435. The van der Waals surface area contributed by atoms with Crippen LogP contribution in [0, 0.1) is 0 Å². The van der Waals surface area contributed by atoms with Gasteiger partial charge in [-0.3, -0.25) is 4.79 Å². The molecule has 0 bridgehead atoms. The number of likely N-dealkylation sites (N-methyl/N-ethyl adjacent to an activating group) is 1. The Bertz CT molecular complexity index is 871. The van der Waals surface area contributed by atoms with E-state index in [2.05, 4.69) is 24.1 Å². The molecule has 7 nitrogen and oxygen atoms in total. The van der Waals surface area contributed by atoms with Crippen molar-refractivity contribution < 1.29 is 23.7 Å². The Labute approximate surface area is 178 Å². The number of amides is 1. The van der Waals surface area contributed by atoms with Crippen LogP contribution in [-0.4, -0.2) is 70.4 Å². The molecule has 0 unspecified atom stereocenters. The highest BCUT2D eigenvalue weighted by Crippen LogP contribution is 2.37. The summed E-state index contributed by atoms with van der Waals surface area (Å²) in [7, 11) is 6.90. The van der Waals surface area contributed by atoms with Crippen molar-refractivity contribution in [3.8, 4) is 23.0 Å². The van der Waals surface area contributed by atoms with Gasteiger partial charge >= 0.3 is 0 Å². The SMILES string of the molecule is COc1cccc(CCN(C)CCCN2COc3cc(OC)c(OC)cc3C2=O)c1. The Morgan fingerprint density at radius 3 is 2.53 bits per heavy atom. The van der Waals surface area contributed by atoms with Gasteiger partial charge in [0.1, 0.15) is 11.5 Å². The zero-order valence-electron chi connectivity index (χ0n) is 18.1. The third-order valence-electron chi connectivity index (χ3n) is 5.26. The van der Waals surface area contributed by atoms with E-state index in [-0.39, 0.29) is 12.6 Å². The van der Waals surface area contributed by atoms with Crippen LogP contribution in [0.5, 0.6) is 23.0 Å². The summed E-state index contributed by atoms with van der Waals surface area (Å²) >= 11 is 0. The molecular weight excluding hydrogens is 384 g/mol. The average Bonchev–Trinajstić information content (AvgIpc) is 2.78. The molecule has 2 aromatic rings. The number of benzene rings is 2. The number of fused-ring (bicyclic) bond motifs is 1. The number of carbonyl (C=O) groups is 1. The first-order valence-corrected chi connectivity index (χ1v) is 10.0. The molecule has 1 heterocycles. The first kappa shape index (κ1) is 21.8. The third-order valence-corrected chi connectivity index (χ3v) is 5.26. The van der Waals surface area contributed by atoms with Gasteiger partial charge in [0, 0.05) is 25.2 Å². The topological polar surface area (TPSA) is 60.5 Å². The van der Waals surface area contributed by atoms with Crippen LogP contribution >= 0.6 is 0 Å². The number of ether oxygens (including phenoxy) is 4. The Morgan fingerprint density at radius 1 is 1.03 bits per heavy atom. The molecule has 0 saturated carbocycles. The van der Waals surface area contributed by atoms with Crippen LogP contribution in [0.15, 0.2) is 36.4 Å². The highest BCUT2D eigenvalue weighted by molar-refractivity contribution is 5.98. The quantitative estimate of drug-likeness (QED) is 0.596. The van der Waals surface area contributed by atoms with Crippen molar-refractivity contribution in [1.82, 2.24) is 9.80 Å². The smallest absolute Gasteiger partial charge is 0.260 e. The van der Waals surface area contributed by atoms with Crippen molar-refractivity contribution in [2.45, 2.75) is 12.8 Å². The van der Waals surface area contributed by atoms with Gasteiger partial charge in [-0.15, -0.1) is 0 Å². The Balaban J connectivity index is 1.49. The molecule has 162 valence electrons. The molecule has 0 N–H and O–H groups in total. The molecule has 1 amide bonds. The molecular formula is C23H30N2O5.